The van der Waals surface area contributed by atoms with Crippen LogP contribution in [0.3, 0.4) is 0 Å². The Kier molecular flexibility index (Phi) is 36.7. The van der Waals surface area contributed by atoms with Crippen molar-refractivity contribution in [1.29, 1.82) is 0 Å². The first-order valence-corrected chi connectivity index (χ1v) is 26.6. The number of allylic oxidation sites excluding steroid dienone is 6. The van der Waals surface area contributed by atoms with Gasteiger partial charge in [0.15, 0.2) is 18.7 Å². The van der Waals surface area contributed by atoms with Gasteiger partial charge in [-0.25, -0.2) is 0 Å². The maximum absolute atomic E-state index is 13.0. The molecule has 68 heavy (non-hydrogen) atoms. The van der Waals surface area contributed by atoms with E-state index in [1.165, 1.54) is 77.0 Å². The minimum Gasteiger partial charge on any atom is -0.462 e. The lowest BCUT2D eigenvalue weighted by molar-refractivity contribution is -0.332. The van der Waals surface area contributed by atoms with Crippen LogP contribution >= 0.6 is 0 Å². The molecule has 0 aliphatic carbocycles. The molecule has 2 fully saturated rings. The van der Waals surface area contributed by atoms with E-state index >= 15 is 0 Å². The quantitative estimate of drug-likeness (QED) is 0.0177. The third-order valence-electron chi connectivity index (χ3n) is 12.6. The van der Waals surface area contributed by atoms with Crippen molar-refractivity contribution in [2.45, 2.75) is 261 Å². The molecule has 2 rings (SSSR count). The van der Waals surface area contributed by atoms with E-state index in [1.54, 1.807) is 0 Å². The Bertz CT molecular complexity index is 1330. The van der Waals surface area contributed by atoms with Gasteiger partial charge in [-0.1, -0.05) is 147 Å². The predicted octanol–water partition coefficient (Wildman–Crippen LogP) is 7.71. The normalized spacial score (nSPS) is 26.0. The van der Waals surface area contributed by atoms with Gasteiger partial charge in [0.1, 0.15) is 55.4 Å². The number of aliphatic hydroxyl groups excluding tert-OH is 7. The summed E-state index contributed by atoms with van der Waals surface area (Å²) >= 11 is 0. The number of carbonyl (C=O) groups excluding carboxylic acids is 2. The third kappa shape index (κ3) is 27.9. The van der Waals surface area contributed by atoms with Crippen molar-refractivity contribution in [2.75, 3.05) is 26.4 Å². The van der Waals surface area contributed by atoms with Crippen molar-refractivity contribution in [3.8, 4) is 0 Å². The maximum atomic E-state index is 13.0. The molecule has 0 radical (unpaired) electrons. The molecular formula is C53H94O15. The van der Waals surface area contributed by atoms with Gasteiger partial charge in [0.25, 0.3) is 0 Å². The molecule has 7 N–H and O–H groups in total. The molecular weight excluding hydrogens is 877 g/mol. The maximum Gasteiger partial charge on any atom is 0.306 e. The molecule has 2 aliphatic heterocycles. The fraction of sp³-hybridized carbons (Fsp3) is 0.849. The average Bonchev–Trinajstić information content (AvgIpc) is 3.33. The van der Waals surface area contributed by atoms with Gasteiger partial charge in [-0.3, -0.25) is 9.59 Å². The van der Waals surface area contributed by atoms with Crippen LogP contribution in [0.2, 0.25) is 0 Å². The number of aliphatic hydroxyl groups is 7. The first-order chi connectivity index (χ1) is 33.0. The van der Waals surface area contributed by atoms with Gasteiger partial charge in [-0.15, -0.1) is 0 Å². The summed E-state index contributed by atoms with van der Waals surface area (Å²) in [4.78, 5) is 25.8. The molecule has 0 aromatic rings. The van der Waals surface area contributed by atoms with E-state index in [2.05, 4.69) is 50.3 Å². The number of hydrogen-bond donors (Lipinski definition) is 7. The van der Waals surface area contributed by atoms with Crippen LogP contribution in [0.5, 0.6) is 0 Å². The zero-order chi connectivity index (χ0) is 49.6. The molecule has 2 saturated heterocycles. The van der Waals surface area contributed by atoms with E-state index in [0.717, 1.165) is 77.0 Å². The van der Waals surface area contributed by atoms with Gasteiger partial charge in [0, 0.05) is 12.8 Å². The lowest BCUT2D eigenvalue weighted by Crippen LogP contribution is -2.61. The van der Waals surface area contributed by atoms with Gasteiger partial charge >= 0.3 is 11.9 Å². The number of esters is 2. The molecule has 0 saturated carbocycles. The van der Waals surface area contributed by atoms with Gasteiger partial charge in [0.2, 0.25) is 0 Å². The van der Waals surface area contributed by atoms with E-state index in [0.29, 0.717) is 12.8 Å². The second kappa shape index (κ2) is 40.3. The molecule has 11 atom stereocenters. The summed E-state index contributed by atoms with van der Waals surface area (Å²) in [5.41, 5.74) is 0. The van der Waals surface area contributed by atoms with Gasteiger partial charge < -0.3 is 64.2 Å². The molecule has 0 amide bonds. The van der Waals surface area contributed by atoms with Crippen molar-refractivity contribution in [1.82, 2.24) is 0 Å². The molecule has 2 heterocycles. The number of rotatable bonds is 41. The Balaban J connectivity index is 1.79. The Labute approximate surface area is 408 Å². The van der Waals surface area contributed by atoms with E-state index < -0.39 is 92.7 Å². The molecule has 2 aliphatic rings. The van der Waals surface area contributed by atoms with Gasteiger partial charge in [-0.05, 0) is 70.6 Å². The summed E-state index contributed by atoms with van der Waals surface area (Å²) in [6, 6.07) is 0. The minimum atomic E-state index is -1.77. The van der Waals surface area contributed by atoms with Crippen LogP contribution < -0.4 is 0 Å². The molecule has 15 heteroatoms. The summed E-state index contributed by atoms with van der Waals surface area (Å²) in [6.45, 7) is 2.54. The van der Waals surface area contributed by atoms with Crippen LogP contribution in [0.15, 0.2) is 36.5 Å². The van der Waals surface area contributed by atoms with Crippen molar-refractivity contribution < 1.29 is 73.8 Å². The van der Waals surface area contributed by atoms with Crippen molar-refractivity contribution in [2.24, 2.45) is 0 Å². The monoisotopic (exact) mass is 971 g/mol. The van der Waals surface area contributed by atoms with E-state index in [1.807, 2.05) is 0 Å². The number of unbranched alkanes of at least 4 members (excludes halogenated alkanes) is 21. The van der Waals surface area contributed by atoms with Crippen LogP contribution in [0.25, 0.3) is 0 Å². The lowest BCUT2D eigenvalue weighted by atomic mass is 9.98. The second-order valence-corrected chi connectivity index (χ2v) is 18.7. The molecule has 0 bridgehead atoms. The van der Waals surface area contributed by atoms with Crippen LogP contribution in [0, 0.1) is 0 Å². The van der Waals surface area contributed by atoms with Crippen LogP contribution in [-0.2, 0) is 38.0 Å². The SMILES string of the molecule is CCCCC/C=C/C/C=C/CCCCCCCCCCCC(=O)O[C@H](COC(=O)CCCCCCC/C=C/CCCCCC)CO[C@H]1O[C@@H](CO[C@H]2O[C@@H](CO)[C@@H](O)C(O)C2O)[C@@H](O)C(O)C1O. The standard InChI is InChI=1S/C53H94O15/c1-3-5-7-9-11-13-15-17-18-19-20-21-22-24-26-28-30-32-34-36-45(56)66-41(38-63-44(55)35-33-31-29-27-25-23-16-14-12-10-8-6-4-2)39-64-52-51(62)49(60)47(58)43(68-52)40-65-53-50(61)48(59)46(57)42(37-54)67-53/h11,13-14,16-18,41-43,46-54,57-62H,3-10,12,15,19-40H2,1-2H3/b13-11+,16-14+,18-17+/t41-,42+,43+,46-,47-,48?,49?,50?,51?,52+,53+/m1/s1. The molecule has 0 spiro atoms. The Morgan fingerprint density at radius 3 is 1.41 bits per heavy atom. The zero-order valence-corrected chi connectivity index (χ0v) is 41.8. The highest BCUT2D eigenvalue weighted by Crippen LogP contribution is 2.26. The molecule has 15 nitrogen and oxygen atoms in total. The third-order valence-corrected chi connectivity index (χ3v) is 12.6. The number of hydrogen-bond acceptors (Lipinski definition) is 15. The highest BCUT2D eigenvalue weighted by atomic mass is 16.7. The lowest BCUT2D eigenvalue weighted by Gasteiger charge is -2.42. The van der Waals surface area contributed by atoms with E-state index in [4.69, 9.17) is 28.4 Å². The first-order valence-electron chi connectivity index (χ1n) is 26.6. The van der Waals surface area contributed by atoms with Crippen molar-refractivity contribution in [3.63, 3.8) is 0 Å². The second-order valence-electron chi connectivity index (χ2n) is 18.7. The molecule has 396 valence electrons. The molecule has 0 aromatic heterocycles. The van der Waals surface area contributed by atoms with Gasteiger partial charge in [0.05, 0.1) is 19.8 Å². The number of carbonyl (C=O) groups is 2. The Morgan fingerprint density at radius 1 is 0.471 bits per heavy atom. The molecule has 4 unspecified atom stereocenters. The number of ether oxygens (including phenoxy) is 6. The largest absolute Gasteiger partial charge is 0.462 e. The summed E-state index contributed by atoms with van der Waals surface area (Å²) in [7, 11) is 0. The summed E-state index contributed by atoms with van der Waals surface area (Å²) < 4.78 is 33.6. The average molecular weight is 971 g/mol. The minimum absolute atomic E-state index is 0.159. The van der Waals surface area contributed by atoms with E-state index in [-0.39, 0.29) is 26.1 Å². The highest BCUT2D eigenvalue weighted by molar-refractivity contribution is 5.70. The fourth-order valence-corrected chi connectivity index (χ4v) is 8.18. The van der Waals surface area contributed by atoms with Crippen molar-refractivity contribution >= 4 is 11.9 Å². The summed E-state index contributed by atoms with van der Waals surface area (Å²) in [6.07, 6.45) is 25.9. The topological polar surface area (TPSA) is 231 Å². The predicted molar refractivity (Wildman–Crippen MR) is 261 cm³/mol. The summed E-state index contributed by atoms with van der Waals surface area (Å²) in [5.74, 6) is -0.937. The fourth-order valence-electron chi connectivity index (χ4n) is 8.18. The smallest absolute Gasteiger partial charge is 0.306 e. The zero-order valence-electron chi connectivity index (χ0n) is 41.8. The van der Waals surface area contributed by atoms with Gasteiger partial charge in [-0.2, -0.15) is 0 Å². The first kappa shape index (κ1) is 61.8. The highest BCUT2D eigenvalue weighted by Gasteiger charge is 2.47. The molecule has 0 aromatic carbocycles. The van der Waals surface area contributed by atoms with Crippen molar-refractivity contribution in [3.05, 3.63) is 36.5 Å². The van der Waals surface area contributed by atoms with E-state index in [9.17, 15) is 45.3 Å². The Hall–Kier alpha value is -2.28. The summed E-state index contributed by atoms with van der Waals surface area (Å²) in [5, 5.41) is 72.1. The van der Waals surface area contributed by atoms with Crippen LogP contribution in [-0.4, -0.2) is 142 Å². The van der Waals surface area contributed by atoms with Crippen LogP contribution in [0.4, 0.5) is 0 Å². The van der Waals surface area contributed by atoms with Crippen LogP contribution in [0.1, 0.15) is 194 Å². The Morgan fingerprint density at radius 2 is 0.882 bits per heavy atom.